The molecule has 0 unspecified atom stereocenters. The number of aryl methyl sites for hydroxylation is 1. The lowest BCUT2D eigenvalue weighted by molar-refractivity contribution is -0.125. The highest BCUT2D eigenvalue weighted by atomic mass is 16.2. The first-order valence-electron chi connectivity index (χ1n) is 10.1. The number of hydrogen-bond acceptors (Lipinski definition) is 4. The Hall–Kier alpha value is -3.19. The van der Waals surface area contributed by atoms with Crippen molar-refractivity contribution in [3.63, 3.8) is 0 Å². The standard InChI is InChI=1S/C16H25N5O2.C7H8/c1-2-3-8-19-10-14(22)21-11-15(23)20-9-12-4-6-13(7-5-12)16(17)18;1-7-5-3-2-4-6-7/h4-7,19H,2-3,8-11H2,1H3,(H3,17,18)(H,20,23)(H,21,22);2-6H,1H3. The van der Waals surface area contributed by atoms with Gasteiger partial charge in [0, 0.05) is 12.1 Å². The maximum atomic E-state index is 11.7. The summed E-state index contributed by atoms with van der Waals surface area (Å²) in [7, 11) is 0. The summed E-state index contributed by atoms with van der Waals surface area (Å²) in [5, 5.41) is 15.6. The average Bonchev–Trinajstić information content (AvgIpc) is 2.75. The third-order valence-corrected chi connectivity index (χ3v) is 4.13. The van der Waals surface area contributed by atoms with Gasteiger partial charge in [-0.3, -0.25) is 15.0 Å². The predicted octanol–water partition coefficient (Wildman–Crippen LogP) is 2.09. The van der Waals surface area contributed by atoms with Crippen LogP contribution in [0.25, 0.3) is 0 Å². The molecule has 7 heteroatoms. The number of benzene rings is 2. The largest absolute Gasteiger partial charge is 0.384 e. The SMILES string of the molecule is CCCCNCC(=O)NCC(=O)NCc1ccc(C(=N)N)cc1.Cc1ccccc1. The Kier molecular flexibility index (Phi) is 12.2. The molecule has 0 aliphatic rings. The second-order valence-electron chi connectivity index (χ2n) is 6.85. The van der Waals surface area contributed by atoms with Crippen LogP contribution in [0.2, 0.25) is 0 Å². The van der Waals surface area contributed by atoms with Crippen LogP contribution in [-0.4, -0.2) is 37.3 Å². The summed E-state index contributed by atoms with van der Waals surface area (Å²) in [4.78, 5) is 23.2. The highest BCUT2D eigenvalue weighted by Crippen LogP contribution is 2.03. The third-order valence-electron chi connectivity index (χ3n) is 4.13. The molecule has 0 aliphatic heterocycles. The number of nitrogen functional groups attached to an aromatic ring is 1. The lowest BCUT2D eigenvalue weighted by Gasteiger charge is -2.08. The molecule has 0 heterocycles. The summed E-state index contributed by atoms with van der Waals surface area (Å²) in [6, 6.07) is 17.3. The molecule has 0 aromatic heterocycles. The Balaban J connectivity index is 0.000000539. The second kappa shape index (κ2) is 14.8. The van der Waals surface area contributed by atoms with Crippen LogP contribution in [0.5, 0.6) is 0 Å². The van der Waals surface area contributed by atoms with Crippen LogP contribution < -0.4 is 21.7 Å². The van der Waals surface area contributed by atoms with Gasteiger partial charge in [0.2, 0.25) is 11.8 Å². The van der Waals surface area contributed by atoms with Crippen molar-refractivity contribution in [3.05, 3.63) is 71.3 Å². The smallest absolute Gasteiger partial charge is 0.239 e. The molecule has 0 saturated heterocycles. The molecule has 6 N–H and O–H groups in total. The van der Waals surface area contributed by atoms with E-state index in [0.717, 1.165) is 24.9 Å². The van der Waals surface area contributed by atoms with Gasteiger partial charge in [-0.1, -0.05) is 73.5 Å². The van der Waals surface area contributed by atoms with Gasteiger partial charge in [-0.2, -0.15) is 0 Å². The maximum absolute atomic E-state index is 11.7. The fourth-order valence-electron chi connectivity index (χ4n) is 2.34. The first kappa shape index (κ1) is 24.8. The number of unbranched alkanes of at least 4 members (excludes halogenated alkanes) is 1. The van der Waals surface area contributed by atoms with Gasteiger partial charge < -0.3 is 21.7 Å². The van der Waals surface area contributed by atoms with Gasteiger partial charge in [-0.25, -0.2) is 0 Å². The van der Waals surface area contributed by atoms with E-state index in [2.05, 4.69) is 41.9 Å². The molecule has 2 aromatic carbocycles. The van der Waals surface area contributed by atoms with Crippen molar-refractivity contribution >= 4 is 17.6 Å². The van der Waals surface area contributed by atoms with Gasteiger partial charge in [0.15, 0.2) is 0 Å². The zero-order valence-corrected chi connectivity index (χ0v) is 17.8. The van der Waals surface area contributed by atoms with Crippen LogP contribution >= 0.6 is 0 Å². The number of carbonyl (C=O) groups excluding carboxylic acids is 2. The van der Waals surface area contributed by atoms with E-state index in [0.29, 0.717) is 12.1 Å². The molecule has 2 rings (SSSR count). The molecular formula is C23H33N5O2. The second-order valence-corrected chi connectivity index (χ2v) is 6.85. The Labute approximate surface area is 179 Å². The Morgan fingerprint density at radius 2 is 1.57 bits per heavy atom. The summed E-state index contributed by atoms with van der Waals surface area (Å²) < 4.78 is 0. The van der Waals surface area contributed by atoms with E-state index in [-0.39, 0.29) is 30.7 Å². The summed E-state index contributed by atoms with van der Waals surface area (Å²) in [6.45, 7) is 5.51. The summed E-state index contributed by atoms with van der Waals surface area (Å²) in [6.07, 6.45) is 2.10. The van der Waals surface area contributed by atoms with Crippen molar-refractivity contribution < 1.29 is 9.59 Å². The van der Waals surface area contributed by atoms with Crippen molar-refractivity contribution in [1.29, 1.82) is 5.41 Å². The number of amidine groups is 1. The molecule has 30 heavy (non-hydrogen) atoms. The number of carbonyl (C=O) groups is 2. The lowest BCUT2D eigenvalue weighted by Crippen LogP contribution is -2.40. The molecule has 2 amide bonds. The molecule has 0 bridgehead atoms. The number of nitrogens with two attached hydrogens (primary N) is 1. The molecule has 162 valence electrons. The summed E-state index contributed by atoms with van der Waals surface area (Å²) in [5.41, 5.74) is 8.24. The van der Waals surface area contributed by atoms with E-state index in [1.807, 2.05) is 18.2 Å². The van der Waals surface area contributed by atoms with E-state index in [1.54, 1.807) is 24.3 Å². The monoisotopic (exact) mass is 411 g/mol. The van der Waals surface area contributed by atoms with Crippen LogP contribution in [0.15, 0.2) is 54.6 Å². The van der Waals surface area contributed by atoms with Crippen molar-refractivity contribution in [2.24, 2.45) is 5.73 Å². The average molecular weight is 412 g/mol. The van der Waals surface area contributed by atoms with Crippen molar-refractivity contribution in [2.75, 3.05) is 19.6 Å². The van der Waals surface area contributed by atoms with Crippen molar-refractivity contribution in [1.82, 2.24) is 16.0 Å². The summed E-state index contributed by atoms with van der Waals surface area (Å²) >= 11 is 0. The Morgan fingerprint density at radius 3 is 2.10 bits per heavy atom. The van der Waals surface area contributed by atoms with Crippen LogP contribution in [0.4, 0.5) is 0 Å². The van der Waals surface area contributed by atoms with Gasteiger partial charge in [-0.15, -0.1) is 0 Å². The maximum Gasteiger partial charge on any atom is 0.239 e. The predicted molar refractivity (Wildman–Crippen MR) is 121 cm³/mol. The molecule has 0 saturated carbocycles. The normalized spacial score (nSPS) is 9.80. The minimum Gasteiger partial charge on any atom is -0.384 e. The molecule has 2 aromatic rings. The number of rotatable bonds is 10. The van der Waals surface area contributed by atoms with Gasteiger partial charge >= 0.3 is 0 Å². The number of nitrogens with one attached hydrogen (secondary N) is 4. The van der Waals surface area contributed by atoms with Crippen LogP contribution in [0.3, 0.4) is 0 Å². The van der Waals surface area contributed by atoms with Crippen LogP contribution in [0, 0.1) is 12.3 Å². The first-order valence-corrected chi connectivity index (χ1v) is 10.1. The van der Waals surface area contributed by atoms with Gasteiger partial charge in [-0.05, 0) is 25.5 Å². The molecule has 7 nitrogen and oxygen atoms in total. The number of hydrogen-bond donors (Lipinski definition) is 5. The van der Waals surface area contributed by atoms with E-state index in [1.165, 1.54) is 5.56 Å². The molecular weight excluding hydrogens is 378 g/mol. The van der Waals surface area contributed by atoms with Gasteiger partial charge in [0.25, 0.3) is 0 Å². The minimum atomic E-state index is -0.248. The first-order chi connectivity index (χ1) is 14.4. The quantitative estimate of drug-likeness (QED) is 0.234. The van der Waals surface area contributed by atoms with Crippen molar-refractivity contribution in [2.45, 2.75) is 33.2 Å². The van der Waals surface area contributed by atoms with Gasteiger partial charge in [0.05, 0.1) is 13.1 Å². The van der Waals surface area contributed by atoms with Crippen LogP contribution in [0.1, 0.15) is 36.5 Å². The van der Waals surface area contributed by atoms with Crippen LogP contribution in [-0.2, 0) is 16.1 Å². The molecule has 0 aliphatic carbocycles. The van der Waals surface area contributed by atoms with E-state index in [4.69, 9.17) is 11.1 Å². The summed E-state index contributed by atoms with van der Waals surface area (Å²) in [5.74, 6) is -0.430. The van der Waals surface area contributed by atoms with Gasteiger partial charge in [0.1, 0.15) is 5.84 Å². The zero-order valence-electron chi connectivity index (χ0n) is 17.8. The minimum absolute atomic E-state index is 0.0100. The van der Waals surface area contributed by atoms with E-state index in [9.17, 15) is 9.59 Å². The highest BCUT2D eigenvalue weighted by molar-refractivity contribution is 5.94. The fourth-order valence-corrected chi connectivity index (χ4v) is 2.34. The molecule has 0 atom stereocenters. The lowest BCUT2D eigenvalue weighted by atomic mass is 10.1. The van der Waals surface area contributed by atoms with E-state index >= 15 is 0 Å². The molecule has 0 fully saturated rings. The molecule has 0 radical (unpaired) electrons. The fraction of sp³-hybridized carbons (Fsp3) is 0.348. The highest BCUT2D eigenvalue weighted by Gasteiger charge is 2.05. The number of amides is 2. The zero-order chi connectivity index (χ0) is 22.2. The van der Waals surface area contributed by atoms with Crippen molar-refractivity contribution in [3.8, 4) is 0 Å². The third kappa shape index (κ3) is 11.6. The Bertz CT molecular complexity index is 776. The topological polar surface area (TPSA) is 120 Å². The molecule has 0 spiro atoms. The Morgan fingerprint density at radius 1 is 0.933 bits per heavy atom. The van der Waals surface area contributed by atoms with E-state index < -0.39 is 0 Å².